The SMILES string of the molecule is C=C1CCC2[C@]3(C)CO[C@@H](C4CCCC4)O[C@@H]3CC[C@@]2(C)[C@@H]1CCCOc1cc(F)ccc1C(=O)O. The number of carboxylic acid groups (broad SMARTS) is 1. The van der Waals surface area contributed by atoms with Gasteiger partial charge < -0.3 is 19.3 Å². The minimum atomic E-state index is -1.11. The lowest BCUT2D eigenvalue weighted by Crippen LogP contribution is -2.61. The molecule has 0 aromatic heterocycles. The highest BCUT2D eigenvalue weighted by Crippen LogP contribution is 2.63. The van der Waals surface area contributed by atoms with Crippen LogP contribution in [0.3, 0.4) is 0 Å². The predicted octanol–water partition coefficient (Wildman–Crippen LogP) is 7.00. The molecule has 4 aliphatic rings. The molecule has 5 rings (SSSR count). The van der Waals surface area contributed by atoms with Gasteiger partial charge in [0.15, 0.2) is 6.29 Å². The smallest absolute Gasteiger partial charge is 0.339 e. The predicted molar refractivity (Wildman–Crippen MR) is 135 cm³/mol. The Kier molecular flexibility index (Phi) is 7.21. The molecule has 6 heteroatoms. The Bertz CT molecular complexity index is 988. The van der Waals surface area contributed by atoms with Crippen molar-refractivity contribution < 1.29 is 28.5 Å². The van der Waals surface area contributed by atoms with E-state index in [2.05, 4.69) is 20.4 Å². The van der Waals surface area contributed by atoms with Crippen LogP contribution in [0.4, 0.5) is 4.39 Å². The van der Waals surface area contributed by atoms with E-state index in [4.69, 9.17) is 14.2 Å². The van der Waals surface area contributed by atoms with Gasteiger partial charge in [-0.05, 0) is 80.8 Å². The zero-order chi connectivity index (χ0) is 25.5. The van der Waals surface area contributed by atoms with Gasteiger partial charge in [0, 0.05) is 17.4 Å². The van der Waals surface area contributed by atoms with Crippen LogP contribution in [0.2, 0.25) is 0 Å². The number of hydrogen-bond donors (Lipinski definition) is 1. The summed E-state index contributed by atoms with van der Waals surface area (Å²) in [6, 6.07) is 3.56. The first-order valence-corrected chi connectivity index (χ1v) is 13.8. The fourth-order valence-corrected chi connectivity index (χ4v) is 8.12. The Labute approximate surface area is 214 Å². The Morgan fingerprint density at radius 1 is 1.19 bits per heavy atom. The average Bonchev–Trinajstić information content (AvgIpc) is 3.37. The number of aromatic carboxylic acids is 1. The van der Waals surface area contributed by atoms with Gasteiger partial charge in [0.05, 0.1) is 19.3 Å². The summed E-state index contributed by atoms with van der Waals surface area (Å²) in [5, 5.41) is 9.38. The molecular weight excluding hydrogens is 459 g/mol. The van der Waals surface area contributed by atoms with Crippen LogP contribution in [-0.2, 0) is 9.47 Å². The lowest BCUT2D eigenvalue weighted by atomic mass is 9.46. The molecule has 1 aromatic carbocycles. The van der Waals surface area contributed by atoms with Gasteiger partial charge >= 0.3 is 5.97 Å². The third kappa shape index (κ3) is 4.60. The second-order valence-corrected chi connectivity index (χ2v) is 12.1. The number of carboxylic acids is 1. The monoisotopic (exact) mass is 500 g/mol. The largest absolute Gasteiger partial charge is 0.493 e. The average molecular weight is 501 g/mol. The summed E-state index contributed by atoms with van der Waals surface area (Å²) in [6.45, 7) is 10.4. The summed E-state index contributed by atoms with van der Waals surface area (Å²) in [5.74, 6) is -0.0822. The summed E-state index contributed by atoms with van der Waals surface area (Å²) < 4.78 is 32.5. The molecule has 1 saturated heterocycles. The normalized spacial score (nSPS) is 36.8. The number of hydrogen-bond acceptors (Lipinski definition) is 4. The van der Waals surface area contributed by atoms with Gasteiger partial charge in [0.2, 0.25) is 0 Å². The van der Waals surface area contributed by atoms with Gasteiger partial charge in [0.1, 0.15) is 17.1 Å². The van der Waals surface area contributed by atoms with Gasteiger partial charge in [-0.25, -0.2) is 9.18 Å². The van der Waals surface area contributed by atoms with Gasteiger partial charge in [-0.1, -0.05) is 38.8 Å². The molecule has 1 unspecified atom stereocenters. The van der Waals surface area contributed by atoms with E-state index >= 15 is 0 Å². The number of carbonyl (C=O) groups is 1. The molecule has 3 aliphatic carbocycles. The molecule has 0 spiro atoms. The standard InChI is InChI=1S/C30H41FO5/c1-19-10-13-25-29(2,15-14-26-30(25,3)18-35-28(36-26)20-7-4-5-8-20)23(19)9-6-16-34-24-17-21(31)11-12-22(24)27(32)33/h11-12,17,20,23,25-26,28H,1,4-10,13-16,18H2,2-3H3,(H,32,33)/t23-,25?,26-,28-,29+,30+/m1/s1. The molecule has 1 aliphatic heterocycles. The summed E-state index contributed by atoms with van der Waals surface area (Å²) in [6.07, 6.45) is 11.3. The van der Waals surface area contributed by atoms with Crippen LogP contribution in [0, 0.1) is 34.4 Å². The van der Waals surface area contributed by atoms with Crippen molar-refractivity contribution >= 4 is 5.97 Å². The first-order chi connectivity index (χ1) is 17.2. The van der Waals surface area contributed by atoms with Gasteiger partial charge in [-0.2, -0.15) is 0 Å². The quantitative estimate of drug-likeness (QED) is 0.322. The summed E-state index contributed by atoms with van der Waals surface area (Å²) in [4.78, 5) is 11.5. The first kappa shape index (κ1) is 25.7. The Balaban J connectivity index is 1.24. The molecule has 0 amide bonds. The fourth-order valence-electron chi connectivity index (χ4n) is 8.12. The van der Waals surface area contributed by atoms with Crippen molar-refractivity contribution in [1.82, 2.24) is 0 Å². The van der Waals surface area contributed by atoms with E-state index in [1.165, 1.54) is 37.3 Å². The zero-order valence-electron chi connectivity index (χ0n) is 21.8. The van der Waals surface area contributed by atoms with Gasteiger partial charge in [0.25, 0.3) is 0 Å². The summed E-state index contributed by atoms with van der Waals surface area (Å²) >= 11 is 0. The van der Waals surface area contributed by atoms with Crippen molar-refractivity contribution in [2.45, 2.75) is 90.4 Å². The summed E-state index contributed by atoms with van der Waals surface area (Å²) in [7, 11) is 0. The first-order valence-electron chi connectivity index (χ1n) is 13.8. The molecule has 1 aromatic rings. The Morgan fingerprint density at radius 3 is 2.72 bits per heavy atom. The molecule has 3 saturated carbocycles. The Morgan fingerprint density at radius 2 is 1.97 bits per heavy atom. The number of allylic oxidation sites excluding steroid dienone is 1. The van der Waals surface area contributed by atoms with Gasteiger partial charge in [-0.15, -0.1) is 0 Å². The van der Waals surface area contributed by atoms with Crippen LogP contribution in [-0.4, -0.2) is 36.7 Å². The molecule has 1 N–H and O–H groups in total. The molecule has 198 valence electrons. The Hall–Kier alpha value is -1.92. The number of rotatable bonds is 7. The highest BCUT2D eigenvalue weighted by Gasteiger charge is 2.60. The fraction of sp³-hybridized carbons (Fsp3) is 0.700. The van der Waals surface area contributed by atoms with Crippen LogP contribution in [0.1, 0.15) is 88.4 Å². The van der Waals surface area contributed by atoms with E-state index in [1.54, 1.807) is 0 Å². The van der Waals surface area contributed by atoms with Crippen molar-refractivity contribution in [2.24, 2.45) is 28.6 Å². The molecule has 36 heavy (non-hydrogen) atoms. The number of halogens is 1. The van der Waals surface area contributed by atoms with Crippen molar-refractivity contribution in [1.29, 1.82) is 0 Å². The lowest BCUT2D eigenvalue weighted by molar-refractivity contribution is -0.316. The maximum Gasteiger partial charge on any atom is 0.339 e. The van der Waals surface area contributed by atoms with E-state index in [0.717, 1.165) is 57.3 Å². The zero-order valence-corrected chi connectivity index (χ0v) is 21.8. The van der Waals surface area contributed by atoms with E-state index < -0.39 is 11.8 Å². The molecule has 6 atom stereocenters. The molecule has 5 nitrogen and oxygen atoms in total. The highest BCUT2D eigenvalue weighted by molar-refractivity contribution is 5.90. The van der Waals surface area contributed by atoms with Crippen molar-refractivity contribution in [3.63, 3.8) is 0 Å². The molecule has 1 heterocycles. The van der Waals surface area contributed by atoms with Crippen LogP contribution in [0.25, 0.3) is 0 Å². The third-order valence-corrected chi connectivity index (χ3v) is 10.0. The summed E-state index contributed by atoms with van der Waals surface area (Å²) in [5.41, 5.74) is 1.44. The second-order valence-electron chi connectivity index (χ2n) is 12.1. The topological polar surface area (TPSA) is 65.0 Å². The second kappa shape index (κ2) is 10.1. The van der Waals surface area contributed by atoms with E-state index in [-0.39, 0.29) is 34.5 Å². The minimum Gasteiger partial charge on any atom is -0.493 e. The molecule has 4 fully saturated rings. The maximum absolute atomic E-state index is 13.7. The number of ether oxygens (including phenoxy) is 3. The third-order valence-electron chi connectivity index (χ3n) is 10.0. The van der Waals surface area contributed by atoms with E-state index in [1.807, 2.05) is 0 Å². The van der Waals surface area contributed by atoms with Crippen molar-refractivity contribution in [3.05, 3.63) is 41.7 Å². The van der Waals surface area contributed by atoms with Crippen LogP contribution >= 0.6 is 0 Å². The maximum atomic E-state index is 13.7. The van der Waals surface area contributed by atoms with Crippen molar-refractivity contribution in [3.8, 4) is 5.75 Å². The van der Waals surface area contributed by atoms with Crippen LogP contribution < -0.4 is 4.74 Å². The molecular formula is C30H41FO5. The lowest BCUT2D eigenvalue weighted by Gasteiger charge is -2.63. The van der Waals surface area contributed by atoms with Crippen molar-refractivity contribution in [2.75, 3.05) is 13.2 Å². The molecule has 0 radical (unpaired) electrons. The molecule has 0 bridgehead atoms. The highest BCUT2D eigenvalue weighted by atomic mass is 19.1. The van der Waals surface area contributed by atoms with E-state index in [9.17, 15) is 14.3 Å². The number of fused-ring (bicyclic) bond motifs is 3. The van der Waals surface area contributed by atoms with Crippen LogP contribution in [0.5, 0.6) is 5.75 Å². The number of benzene rings is 1. The van der Waals surface area contributed by atoms with Gasteiger partial charge in [-0.3, -0.25) is 0 Å². The van der Waals surface area contributed by atoms with Crippen LogP contribution in [0.15, 0.2) is 30.4 Å². The minimum absolute atomic E-state index is 0.00930. The van der Waals surface area contributed by atoms with E-state index in [0.29, 0.717) is 24.4 Å².